The number of carbonyl (C=O) groups excluding carboxylic acids is 1. The molecular weight excluding hydrogens is 248 g/mol. The van der Waals surface area contributed by atoms with Gasteiger partial charge < -0.3 is 10.6 Å². The van der Waals surface area contributed by atoms with Crippen LogP contribution in [0.4, 0.5) is 0 Å². The van der Waals surface area contributed by atoms with Gasteiger partial charge in [-0.3, -0.25) is 4.79 Å². The molecular formula is C17H24N2O. The Labute approximate surface area is 121 Å². The van der Waals surface area contributed by atoms with Gasteiger partial charge in [0.25, 0.3) is 0 Å². The zero-order chi connectivity index (χ0) is 13.8. The van der Waals surface area contributed by atoms with Crippen molar-refractivity contribution in [2.45, 2.75) is 45.1 Å². The van der Waals surface area contributed by atoms with Gasteiger partial charge in [0.15, 0.2) is 0 Å². The molecule has 1 aliphatic carbocycles. The van der Waals surface area contributed by atoms with Crippen LogP contribution in [0.25, 0.3) is 0 Å². The molecule has 1 heterocycles. The molecule has 0 aromatic heterocycles. The Hall–Kier alpha value is -1.35. The lowest BCUT2D eigenvalue weighted by Crippen LogP contribution is -2.40. The number of amides is 1. The fourth-order valence-electron chi connectivity index (χ4n) is 3.31. The zero-order valence-corrected chi connectivity index (χ0v) is 12.1. The highest BCUT2D eigenvalue weighted by Crippen LogP contribution is 2.22. The van der Waals surface area contributed by atoms with Crippen LogP contribution in [0.15, 0.2) is 18.2 Å². The Bertz CT molecular complexity index is 478. The summed E-state index contributed by atoms with van der Waals surface area (Å²) in [5, 5.41) is 6.39. The Morgan fingerprint density at radius 3 is 2.85 bits per heavy atom. The number of benzene rings is 1. The summed E-state index contributed by atoms with van der Waals surface area (Å²) in [7, 11) is 0. The Balaban J connectivity index is 1.56. The molecule has 1 atom stereocenters. The Kier molecular flexibility index (Phi) is 4.36. The number of hydrogen-bond donors (Lipinski definition) is 2. The van der Waals surface area contributed by atoms with E-state index >= 15 is 0 Å². The van der Waals surface area contributed by atoms with Gasteiger partial charge in [-0.25, -0.2) is 0 Å². The van der Waals surface area contributed by atoms with Crippen molar-refractivity contribution in [3.8, 4) is 0 Å². The number of carbonyl (C=O) groups is 1. The minimum atomic E-state index is 0.154. The van der Waals surface area contributed by atoms with Crippen molar-refractivity contribution in [1.29, 1.82) is 0 Å². The summed E-state index contributed by atoms with van der Waals surface area (Å²) in [6.45, 7) is 2.55. The second-order valence-electron chi connectivity index (χ2n) is 6.07. The van der Waals surface area contributed by atoms with Gasteiger partial charge in [-0.05, 0) is 61.8 Å². The van der Waals surface area contributed by atoms with Crippen molar-refractivity contribution in [2.75, 3.05) is 13.1 Å². The van der Waals surface area contributed by atoms with Crippen LogP contribution in [0.5, 0.6) is 0 Å². The van der Waals surface area contributed by atoms with Crippen LogP contribution in [0, 0.1) is 5.92 Å². The highest BCUT2D eigenvalue weighted by Gasteiger charge is 2.20. The second-order valence-corrected chi connectivity index (χ2v) is 6.07. The highest BCUT2D eigenvalue weighted by molar-refractivity contribution is 5.78. The standard InChI is InChI=1S/C17H24N2O/c20-17(16-6-3-9-18-12-16)19-11-13-7-8-14-4-1-2-5-15(14)10-13/h7-8,10,16,18H,1-6,9,11-12H2,(H,19,20)/t16-/m0/s1. The monoisotopic (exact) mass is 272 g/mol. The maximum absolute atomic E-state index is 12.1. The van der Waals surface area contributed by atoms with Crippen molar-refractivity contribution in [2.24, 2.45) is 5.92 Å². The molecule has 108 valence electrons. The lowest BCUT2D eigenvalue weighted by atomic mass is 9.90. The first-order valence-corrected chi connectivity index (χ1v) is 7.92. The highest BCUT2D eigenvalue weighted by atomic mass is 16.1. The lowest BCUT2D eigenvalue weighted by molar-refractivity contribution is -0.125. The van der Waals surface area contributed by atoms with Gasteiger partial charge in [0, 0.05) is 13.1 Å². The van der Waals surface area contributed by atoms with Crippen molar-refractivity contribution in [3.05, 3.63) is 34.9 Å². The third-order valence-corrected chi connectivity index (χ3v) is 4.55. The molecule has 2 N–H and O–H groups in total. The largest absolute Gasteiger partial charge is 0.352 e. The van der Waals surface area contributed by atoms with Gasteiger partial charge in [-0.2, -0.15) is 0 Å². The third kappa shape index (κ3) is 3.21. The molecule has 3 rings (SSSR count). The number of fused-ring (bicyclic) bond motifs is 1. The number of aryl methyl sites for hydroxylation is 2. The molecule has 1 saturated heterocycles. The average molecular weight is 272 g/mol. The molecule has 0 saturated carbocycles. The second kappa shape index (κ2) is 6.40. The summed E-state index contributed by atoms with van der Waals surface area (Å²) in [5.74, 6) is 0.358. The minimum Gasteiger partial charge on any atom is -0.352 e. The van der Waals surface area contributed by atoms with Crippen molar-refractivity contribution >= 4 is 5.91 Å². The van der Waals surface area contributed by atoms with Crippen molar-refractivity contribution in [3.63, 3.8) is 0 Å². The van der Waals surface area contributed by atoms with Crippen LogP contribution < -0.4 is 10.6 Å². The Morgan fingerprint density at radius 2 is 2.05 bits per heavy atom. The van der Waals surface area contributed by atoms with Crippen LogP contribution >= 0.6 is 0 Å². The fourth-order valence-corrected chi connectivity index (χ4v) is 3.31. The van der Waals surface area contributed by atoms with E-state index < -0.39 is 0 Å². The molecule has 3 heteroatoms. The summed E-state index contributed by atoms with van der Waals surface area (Å²) in [5.41, 5.74) is 4.23. The van der Waals surface area contributed by atoms with E-state index in [9.17, 15) is 4.79 Å². The van der Waals surface area contributed by atoms with Gasteiger partial charge in [-0.15, -0.1) is 0 Å². The first-order valence-electron chi connectivity index (χ1n) is 7.92. The average Bonchev–Trinajstić information content (AvgIpc) is 2.53. The lowest BCUT2D eigenvalue weighted by Gasteiger charge is -2.22. The summed E-state index contributed by atoms with van der Waals surface area (Å²) in [6.07, 6.45) is 7.16. The fraction of sp³-hybridized carbons (Fsp3) is 0.588. The number of hydrogen-bond acceptors (Lipinski definition) is 2. The van der Waals surface area contributed by atoms with Crippen LogP contribution in [0.3, 0.4) is 0 Å². The first-order chi connectivity index (χ1) is 9.83. The van der Waals surface area contributed by atoms with E-state index in [1.807, 2.05) is 0 Å². The quantitative estimate of drug-likeness (QED) is 0.885. The molecule has 1 aromatic rings. The predicted molar refractivity (Wildman–Crippen MR) is 80.5 cm³/mol. The van der Waals surface area contributed by atoms with E-state index in [1.54, 1.807) is 0 Å². The van der Waals surface area contributed by atoms with Gasteiger partial charge in [-0.1, -0.05) is 18.2 Å². The summed E-state index contributed by atoms with van der Waals surface area (Å²) >= 11 is 0. The SMILES string of the molecule is O=C(NCc1ccc2c(c1)CCCC2)[C@H]1CCCNC1. The minimum absolute atomic E-state index is 0.154. The van der Waals surface area contributed by atoms with Crippen LogP contribution in [-0.4, -0.2) is 19.0 Å². The normalized spacial score (nSPS) is 22.1. The van der Waals surface area contributed by atoms with Gasteiger partial charge in [0.1, 0.15) is 0 Å². The first kappa shape index (κ1) is 13.6. The smallest absolute Gasteiger partial charge is 0.224 e. The number of rotatable bonds is 3. The molecule has 0 spiro atoms. The molecule has 3 nitrogen and oxygen atoms in total. The maximum atomic E-state index is 12.1. The maximum Gasteiger partial charge on any atom is 0.224 e. The third-order valence-electron chi connectivity index (χ3n) is 4.55. The molecule has 1 aromatic carbocycles. The predicted octanol–water partition coefficient (Wildman–Crippen LogP) is 2.18. The Morgan fingerprint density at radius 1 is 1.20 bits per heavy atom. The molecule has 0 radical (unpaired) electrons. The molecule has 1 aliphatic heterocycles. The van der Waals surface area contributed by atoms with Crippen molar-refractivity contribution < 1.29 is 4.79 Å². The molecule has 1 amide bonds. The van der Waals surface area contributed by atoms with Gasteiger partial charge in [0.2, 0.25) is 5.91 Å². The van der Waals surface area contributed by atoms with E-state index in [-0.39, 0.29) is 11.8 Å². The molecule has 0 unspecified atom stereocenters. The van der Waals surface area contributed by atoms with Crippen LogP contribution in [-0.2, 0) is 24.2 Å². The summed E-state index contributed by atoms with van der Waals surface area (Å²) < 4.78 is 0. The summed E-state index contributed by atoms with van der Waals surface area (Å²) in [6, 6.07) is 6.70. The van der Waals surface area contributed by atoms with E-state index in [0.717, 1.165) is 25.9 Å². The van der Waals surface area contributed by atoms with E-state index in [2.05, 4.69) is 28.8 Å². The van der Waals surface area contributed by atoms with Gasteiger partial charge in [0.05, 0.1) is 5.92 Å². The topological polar surface area (TPSA) is 41.1 Å². The number of nitrogens with one attached hydrogen (secondary N) is 2. The van der Waals surface area contributed by atoms with Gasteiger partial charge >= 0.3 is 0 Å². The van der Waals surface area contributed by atoms with Crippen LogP contribution in [0.1, 0.15) is 42.4 Å². The van der Waals surface area contributed by atoms with Crippen LogP contribution in [0.2, 0.25) is 0 Å². The molecule has 2 aliphatic rings. The molecule has 0 bridgehead atoms. The van der Waals surface area contributed by atoms with Crippen molar-refractivity contribution in [1.82, 2.24) is 10.6 Å². The zero-order valence-electron chi connectivity index (χ0n) is 12.1. The van der Waals surface area contributed by atoms with E-state index in [0.29, 0.717) is 6.54 Å². The molecule has 20 heavy (non-hydrogen) atoms. The summed E-state index contributed by atoms with van der Waals surface area (Å²) in [4.78, 5) is 12.1. The number of piperidine rings is 1. The van der Waals surface area contributed by atoms with E-state index in [4.69, 9.17) is 0 Å². The van der Waals surface area contributed by atoms with E-state index in [1.165, 1.54) is 42.4 Å². The molecule has 1 fully saturated rings.